The first-order valence-electron chi connectivity index (χ1n) is 26.3. The lowest BCUT2D eigenvalue weighted by Crippen LogP contribution is -2.43. The summed E-state index contributed by atoms with van der Waals surface area (Å²) in [5.74, 6) is -2.38. The van der Waals surface area contributed by atoms with E-state index in [-0.39, 0.29) is 12.8 Å². The summed E-state index contributed by atoms with van der Waals surface area (Å²) in [7, 11) is -4.77. The van der Waals surface area contributed by atoms with Gasteiger partial charge < -0.3 is 25.2 Å². The fourth-order valence-electron chi connectivity index (χ4n) is 7.18. The first-order valence-corrected chi connectivity index (χ1v) is 27.8. The highest BCUT2D eigenvalue weighted by Crippen LogP contribution is 2.43. The summed E-state index contributed by atoms with van der Waals surface area (Å²) in [6, 6.07) is -1.55. The molecule has 0 rings (SSSR count). The van der Waals surface area contributed by atoms with Crippen molar-refractivity contribution in [3.63, 3.8) is 0 Å². The van der Waals surface area contributed by atoms with Crippen LogP contribution in [0, 0.1) is 0 Å². The van der Waals surface area contributed by atoms with Crippen LogP contribution in [0.5, 0.6) is 0 Å². The molecule has 0 saturated heterocycles. The van der Waals surface area contributed by atoms with Crippen LogP contribution in [-0.2, 0) is 32.7 Å². The number of rotatable bonds is 49. The van der Waals surface area contributed by atoms with Gasteiger partial charge in [0, 0.05) is 12.8 Å². The van der Waals surface area contributed by atoms with Gasteiger partial charge in [-0.25, -0.2) is 9.36 Å². The molecule has 0 aliphatic heterocycles. The molecule has 12 heteroatoms. The van der Waals surface area contributed by atoms with Crippen molar-refractivity contribution in [3.8, 4) is 0 Å². The van der Waals surface area contributed by atoms with Gasteiger partial charge in [-0.15, -0.1) is 0 Å². The van der Waals surface area contributed by atoms with E-state index >= 15 is 0 Å². The molecule has 0 aromatic carbocycles. The predicted octanol–water partition coefficient (Wildman–Crippen LogP) is 14.7. The molecule has 0 heterocycles. The summed E-state index contributed by atoms with van der Waals surface area (Å²) in [5, 5.41) is 21.9. The van der Waals surface area contributed by atoms with Crippen molar-refractivity contribution in [3.05, 3.63) is 60.8 Å². The molecule has 0 radical (unpaired) electrons. The molecule has 66 heavy (non-hydrogen) atoms. The molecule has 0 aromatic heterocycles. The summed E-state index contributed by atoms with van der Waals surface area (Å²) in [6.45, 7) is 2.56. The van der Waals surface area contributed by atoms with E-state index in [1.54, 1.807) is 0 Å². The number of carboxylic acids is 1. The number of allylic oxidation sites excluding steroid dienone is 10. The highest BCUT2D eigenvalue weighted by Gasteiger charge is 2.28. The van der Waals surface area contributed by atoms with Gasteiger partial charge in [-0.2, -0.15) is 0 Å². The van der Waals surface area contributed by atoms with Crippen LogP contribution in [0.1, 0.15) is 232 Å². The topological polar surface area (TPSA) is 169 Å². The van der Waals surface area contributed by atoms with Crippen LogP contribution in [0.3, 0.4) is 0 Å². The van der Waals surface area contributed by atoms with Crippen LogP contribution in [0.4, 0.5) is 0 Å². The number of carboxylic acid groups (broad SMARTS) is 1. The zero-order chi connectivity index (χ0) is 48.4. The third-order valence-corrected chi connectivity index (χ3v) is 12.2. The molecular formula is C54H96NO10P. The Morgan fingerprint density at radius 1 is 0.485 bits per heavy atom. The number of unbranched alkanes of at least 4 members (excludes halogenated alkanes) is 25. The zero-order valence-corrected chi connectivity index (χ0v) is 42.6. The minimum atomic E-state index is -4.77. The zero-order valence-electron chi connectivity index (χ0n) is 41.7. The second-order valence-corrected chi connectivity index (χ2v) is 19.2. The number of aliphatic hydroxyl groups excluding tert-OH is 1. The number of aliphatic carboxylic acids is 1. The quantitative estimate of drug-likeness (QED) is 0.0199. The second kappa shape index (κ2) is 48.6. The lowest BCUT2D eigenvalue weighted by atomic mass is 10.0. The molecule has 11 nitrogen and oxygen atoms in total. The minimum absolute atomic E-state index is 0.142. The number of hydrogen-bond acceptors (Lipinski definition) is 8. The highest BCUT2D eigenvalue weighted by atomic mass is 31.2. The molecule has 0 bridgehead atoms. The van der Waals surface area contributed by atoms with Gasteiger partial charge in [-0.05, 0) is 83.5 Å². The number of esters is 1. The fourth-order valence-corrected chi connectivity index (χ4v) is 7.95. The lowest BCUT2D eigenvalue weighted by molar-refractivity contribution is -0.147. The van der Waals surface area contributed by atoms with Crippen molar-refractivity contribution in [1.82, 2.24) is 5.32 Å². The van der Waals surface area contributed by atoms with E-state index in [2.05, 4.69) is 79.9 Å². The number of hydrogen-bond donors (Lipinski definition) is 4. The van der Waals surface area contributed by atoms with E-state index in [0.717, 1.165) is 77.0 Å². The maximum Gasteiger partial charge on any atom is 0.472 e. The van der Waals surface area contributed by atoms with Gasteiger partial charge in [0.15, 0.2) is 6.04 Å². The van der Waals surface area contributed by atoms with Crippen LogP contribution >= 0.6 is 7.82 Å². The van der Waals surface area contributed by atoms with E-state index in [4.69, 9.17) is 13.8 Å². The van der Waals surface area contributed by atoms with Gasteiger partial charge in [-0.3, -0.25) is 18.6 Å². The molecule has 0 aliphatic carbocycles. The Bertz CT molecular complexity index is 1350. The van der Waals surface area contributed by atoms with E-state index in [1.165, 1.54) is 116 Å². The van der Waals surface area contributed by atoms with Gasteiger partial charge in [0.2, 0.25) is 5.91 Å². The van der Waals surface area contributed by atoms with Crippen molar-refractivity contribution in [2.45, 2.75) is 244 Å². The van der Waals surface area contributed by atoms with Crippen LogP contribution in [0.25, 0.3) is 0 Å². The Morgan fingerprint density at radius 2 is 0.833 bits per heavy atom. The number of phosphoric acid groups is 1. The van der Waals surface area contributed by atoms with Gasteiger partial charge in [0.05, 0.1) is 13.2 Å². The first-order chi connectivity index (χ1) is 32.1. The van der Waals surface area contributed by atoms with Crippen LogP contribution in [-0.4, -0.2) is 64.9 Å². The average molecular weight is 950 g/mol. The summed E-state index contributed by atoms with van der Waals surface area (Å²) in [4.78, 5) is 46.2. The molecule has 382 valence electrons. The lowest BCUT2D eigenvalue weighted by Gasteiger charge is -2.18. The SMILES string of the molecule is CCCCC/C=C\C/C=C\C/C=C\CCCCCCCCC(=O)OCC(O)COP(=O)(O)OCC(NC(=O)CCCCCCCCCCCCCCC/C=C\C/C=C\CCCCC)C(=O)O. The Kier molecular flexibility index (Phi) is 46.6. The molecule has 0 fully saturated rings. The van der Waals surface area contributed by atoms with Crippen LogP contribution in [0.15, 0.2) is 60.8 Å². The molecule has 4 N–H and O–H groups in total. The summed E-state index contributed by atoms with van der Waals surface area (Å²) in [5.41, 5.74) is 0. The molecule has 1 amide bonds. The summed E-state index contributed by atoms with van der Waals surface area (Å²) >= 11 is 0. The van der Waals surface area contributed by atoms with Crippen molar-refractivity contribution in [2.24, 2.45) is 0 Å². The number of carbonyl (C=O) groups is 3. The Hall–Kier alpha value is -2.82. The van der Waals surface area contributed by atoms with E-state index in [1.807, 2.05) is 0 Å². The Morgan fingerprint density at radius 3 is 1.24 bits per heavy atom. The molecule has 0 aromatic rings. The third kappa shape index (κ3) is 47.7. The summed E-state index contributed by atoms with van der Waals surface area (Å²) < 4.78 is 27.0. The molecule has 0 saturated carbocycles. The van der Waals surface area contributed by atoms with E-state index in [0.29, 0.717) is 12.8 Å². The standard InChI is InChI=1S/C54H96NO10P/c1-3-5-7-9-11-13-15-17-19-21-23-24-25-26-28-29-31-33-35-37-39-41-43-45-52(57)55-51(54(59)60)49-65-66(61,62)64-48-50(56)47-63-53(58)46-44-42-40-38-36-34-32-30-27-22-20-18-16-14-12-10-8-6-4-2/h11-14,17-20,27,30,50-51,56H,3-10,15-16,21-26,28-29,31-49H2,1-2H3,(H,55,57)(H,59,60)(H,61,62)/b13-11-,14-12-,19-17-,20-18-,30-27-. The largest absolute Gasteiger partial charge is 0.480 e. The fraction of sp³-hybridized carbons (Fsp3) is 0.759. The smallest absolute Gasteiger partial charge is 0.472 e. The second-order valence-electron chi connectivity index (χ2n) is 17.7. The van der Waals surface area contributed by atoms with Crippen LogP contribution < -0.4 is 5.32 Å². The number of aliphatic hydroxyl groups is 1. The number of amides is 1. The number of nitrogens with one attached hydrogen (secondary N) is 1. The maximum atomic E-state index is 12.4. The molecule has 0 spiro atoms. The van der Waals surface area contributed by atoms with Gasteiger partial charge in [0.1, 0.15) is 12.7 Å². The predicted molar refractivity (Wildman–Crippen MR) is 272 cm³/mol. The highest BCUT2D eigenvalue weighted by molar-refractivity contribution is 7.47. The van der Waals surface area contributed by atoms with Crippen molar-refractivity contribution in [2.75, 3.05) is 19.8 Å². The van der Waals surface area contributed by atoms with Crippen molar-refractivity contribution in [1.29, 1.82) is 0 Å². The Labute approximate surface area is 402 Å². The van der Waals surface area contributed by atoms with Gasteiger partial charge in [-0.1, -0.05) is 197 Å². The minimum Gasteiger partial charge on any atom is -0.480 e. The monoisotopic (exact) mass is 950 g/mol. The number of phosphoric ester groups is 1. The first kappa shape index (κ1) is 63.2. The normalized spacial score (nSPS) is 14.0. The van der Waals surface area contributed by atoms with E-state index < -0.39 is 57.6 Å². The van der Waals surface area contributed by atoms with Crippen molar-refractivity contribution < 1.29 is 47.8 Å². The summed E-state index contributed by atoms with van der Waals surface area (Å²) in [6.07, 6.45) is 58.1. The molecule has 0 aliphatic rings. The molecular weight excluding hydrogens is 854 g/mol. The number of carbonyl (C=O) groups excluding carboxylic acids is 2. The molecule has 3 unspecified atom stereocenters. The van der Waals surface area contributed by atoms with Gasteiger partial charge >= 0.3 is 19.8 Å². The number of ether oxygens (including phenoxy) is 1. The Balaban J connectivity index is 3.84. The maximum absolute atomic E-state index is 12.4. The van der Waals surface area contributed by atoms with E-state index in [9.17, 15) is 34.1 Å². The third-order valence-electron chi connectivity index (χ3n) is 11.3. The van der Waals surface area contributed by atoms with Crippen LogP contribution in [0.2, 0.25) is 0 Å². The van der Waals surface area contributed by atoms with Gasteiger partial charge in [0.25, 0.3) is 0 Å². The molecule has 3 atom stereocenters. The van der Waals surface area contributed by atoms with Crippen molar-refractivity contribution >= 4 is 25.7 Å². The average Bonchev–Trinajstić information content (AvgIpc) is 3.29.